The molecule has 0 aromatic heterocycles. The van der Waals surface area contributed by atoms with Crippen LogP contribution in [0.1, 0.15) is 57.8 Å². The predicted octanol–water partition coefficient (Wildman–Crippen LogP) is 2.80. The Kier molecular flexibility index (Phi) is 7.23. The molecule has 94 valence electrons. The molecule has 1 saturated carbocycles. The lowest BCUT2D eigenvalue weighted by Crippen LogP contribution is -2.25. The molecule has 0 heterocycles. The summed E-state index contributed by atoms with van der Waals surface area (Å²) in [6.07, 6.45) is 10.3. The maximum atomic E-state index is 10.3. The summed E-state index contributed by atoms with van der Waals surface area (Å²) >= 11 is 0. The van der Waals surface area contributed by atoms with E-state index in [4.69, 9.17) is 5.11 Å². The number of carbonyl (C=O) groups is 1. The van der Waals surface area contributed by atoms with Gasteiger partial charge in [0.1, 0.15) is 0 Å². The summed E-state index contributed by atoms with van der Waals surface area (Å²) in [6.45, 7) is 2.22. The average Bonchev–Trinajstić information content (AvgIpc) is 2.29. The molecule has 0 atom stereocenters. The molecular weight excluding hydrogens is 202 g/mol. The quantitative estimate of drug-likeness (QED) is 0.627. The maximum absolute atomic E-state index is 10.3. The van der Waals surface area contributed by atoms with Crippen molar-refractivity contribution < 1.29 is 9.90 Å². The largest absolute Gasteiger partial charge is 0.481 e. The van der Waals surface area contributed by atoms with Crippen molar-refractivity contribution in [2.45, 2.75) is 57.8 Å². The van der Waals surface area contributed by atoms with Crippen LogP contribution in [0.4, 0.5) is 0 Å². The summed E-state index contributed by atoms with van der Waals surface area (Å²) in [5.74, 6) is 0.225. The zero-order valence-corrected chi connectivity index (χ0v) is 10.2. The molecule has 2 N–H and O–H groups in total. The fourth-order valence-corrected chi connectivity index (χ4v) is 2.40. The van der Waals surface area contributed by atoms with E-state index in [0.717, 1.165) is 31.7 Å². The van der Waals surface area contributed by atoms with Crippen LogP contribution in [0.3, 0.4) is 0 Å². The summed E-state index contributed by atoms with van der Waals surface area (Å²) in [5.41, 5.74) is 0. The minimum Gasteiger partial charge on any atom is -0.481 e. The first-order valence-electron chi connectivity index (χ1n) is 6.71. The Morgan fingerprint density at radius 1 is 1.12 bits per heavy atom. The van der Waals surface area contributed by atoms with Crippen LogP contribution in [-0.4, -0.2) is 24.2 Å². The zero-order chi connectivity index (χ0) is 11.6. The van der Waals surface area contributed by atoms with Crippen LogP contribution in [0.5, 0.6) is 0 Å². The molecule has 0 spiro atoms. The third-order valence-corrected chi connectivity index (χ3v) is 3.40. The number of hydrogen-bond donors (Lipinski definition) is 2. The lowest BCUT2D eigenvalue weighted by molar-refractivity contribution is -0.137. The highest BCUT2D eigenvalue weighted by Gasteiger charge is 2.12. The lowest BCUT2D eigenvalue weighted by Gasteiger charge is -2.21. The van der Waals surface area contributed by atoms with Crippen LogP contribution in [0, 0.1) is 5.92 Å². The average molecular weight is 227 g/mol. The van der Waals surface area contributed by atoms with E-state index in [9.17, 15) is 4.79 Å². The highest BCUT2D eigenvalue weighted by Crippen LogP contribution is 2.22. The lowest BCUT2D eigenvalue weighted by atomic mass is 9.89. The molecule has 1 fully saturated rings. The van der Waals surface area contributed by atoms with Gasteiger partial charge in [-0.25, -0.2) is 0 Å². The van der Waals surface area contributed by atoms with Crippen LogP contribution < -0.4 is 5.32 Å². The van der Waals surface area contributed by atoms with E-state index in [0.29, 0.717) is 6.42 Å². The van der Waals surface area contributed by atoms with Gasteiger partial charge in [-0.15, -0.1) is 0 Å². The SMILES string of the molecule is O=C(O)CCCCCNCC1CCCCC1. The van der Waals surface area contributed by atoms with E-state index in [1.54, 1.807) is 0 Å². The third-order valence-electron chi connectivity index (χ3n) is 3.40. The van der Waals surface area contributed by atoms with Crippen molar-refractivity contribution in [1.82, 2.24) is 5.32 Å². The Labute approximate surface area is 98.6 Å². The number of carboxylic acid groups (broad SMARTS) is 1. The van der Waals surface area contributed by atoms with Gasteiger partial charge in [0.25, 0.3) is 0 Å². The molecule has 0 unspecified atom stereocenters. The van der Waals surface area contributed by atoms with Crippen molar-refractivity contribution >= 4 is 5.97 Å². The number of aliphatic carboxylic acids is 1. The van der Waals surface area contributed by atoms with Gasteiger partial charge < -0.3 is 10.4 Å². The molecule has 1 rings (SSSR count). The van der Waals surface area contributed by atoms with E-state index in [-0.39, 0.29) is 0 Å². The van der Waals surface area contributed by atoms with Gasteiger partial charge in [0.2, 0.25) is 0 Å². The molecule has 0 aliphatic heterocycles. The minimum absolute atomic E-state index is 0.322. The number of hydrogen-bond acceptors (Lipinski definition) is 2. The fourth-order valence-electron chi connectivity index (χ4n) is 2.40. The van der Waals surface area contributed by atoms with Gasteiger partial charge >= 0.3 is 5.97 Å². The Morgan fingerprint density at radius 3 is 2.56 bits per heavy atom. The number of nitrogens with one attached hydrogen (secondary N) is 1. The van der Waals surface area contributed by atoms with E-state index in [2.05, 4.69) is 5.32 Å². The standard InChI is InChI=1S/C13H25NO2/c15-13(16)9-5-2-6-10-14-11-12-7-3-1-4-8-12/h12,14H,1-11H2,(H,15,16). The predicted molar refractivity (Wildman–Crippen MR) is 65.5 cm³/mol. The number of carboxylic acids is 1. The maximum Gasteiger partial charge on any atom is 0.303 e. The zero-order valence-electron chi connectivity index (χ0n) is 10.2. The minimum atomic E-state index is -0.671. The van der Waals surface area contributed by atoms with Crippen LogP contribution in [0.2, 0.25) is 0 Å². The molecule has 1 aliphatic carbocycles. The third kappa shape index (κ3) is 6.83. The highest BCUT2D eigenvalue weighted by atomic mass is 16.4. The Hall–Kier alpha value is -0.570. The Morgan fingerprint density at radius 2 is 1.88 bits per heavy atom. The summed E-state index contributed by atoms with van der Waals surface area (Å²) in [6, 6.07) is 0. The molecule has 16 heavy (non-hydrogen) atoms. The summed E-state index contributed by atoms with van der Waals surface area (Å²) < 4.78 is 0. The van der Waals surface area contributed by atoms with Gasteiger partial charge in [-0.05, 0) is 44.7 Å². The van der Waals surface area contributed by atoms with E-state index in [1.165, 1.54) is 38.6 Å². The first kappa shape index (κ1) is 13.5. The molecule has 0 aromatic rings. The van der Waals surface area contributed by atoms with Crippen molar-refractivity contribution in [3.63, 3.8) is 0 Å². The van der Waals surface area contributed by atoms with Crippen LogP contribution in [0.15, 0.2) is 0 Å². The molecule has 3 nitrogen and oxygen atoms in total. The van der Waals surface area contributed by atoms with E-state index >= 15 is 0 Å². The molecule has 0 saturated heterocycles. The van der Waals surface area contributed by atoms with E-state index < -0.39 is 5.97 Å². The van der Waals surface area contributed by atoms with Gasteiger partial charge in [-0.1, -0.05) is 25.7 Å². The van der Waals surface area contributed by atoms with Crippen LogP contribution in [0.25, 0.3) is 0 Å². The van der Waals surface area contributed by atoms with Crippen molar-refractivity contribution in [1.29, 1.82) is 0 Å². The number of unbranched alkanes of at least 4 members (excludes halogenated alkanes) is 2. The van der Waals surface area contributed by atoms with Gasteiger partial charge in [-0.3, -0.25) is 4.79 Å². The smallest absolute Gasteiger partial charge is 0.303 e. The topological polar surface area (TPSA) is 49.3 Å². The summed E-state index contributed by atoms with van der Waals surface area (Å²) in [7, 11) is 0. The first-order chi connectivity index (χ1) is 7.79. The summed E-state index contributed by atoms with van der Waals surface area (Å²) in [5, 5.41) is 12.0. The molecule has 0 aromatic carbocycles. The molecule has 0 radical (unpaired) electrons. The van der Waals surface area contributed by atoms with Gasteiger partial charge in [0.15, 0.2) is 0 Å². The van der Waals surface area contributed by atoms with Crippen molar-refractivity contribution in [3.05, 3.63) is 0 Å². The fraction of sp³-hybridized carbons (Fsp3) is 0.923. The Balaban J connectivity index is 1.82. The van der Waals surface area contributed by atoms with Crippen molar-refractivity contribution in [2.24, 2.45) is 5.92 Å². The van der Waals surface area contributed by atoms with Gasteiger partial charge in [-0.2, -0.15) is 0 Å². The number of rotatable bonds is 8. The van der Waals surface area contributed by atoms with E-state index in [1.807, 2.05) is 0 Å². The molecule has 0 bridgehead atoms. The van der Waals surface area contributed by atoms with Gasteiger partial charge in [0, 0.05) is 6.42 Å². The first-order valence-corrected chi connectivity index (χ1v) is 6.71. The molecular formula is C13H25NO2. The second-order valence-electron chi connectivity index (χ2n) is 4.91. The molecule has 3 heteroatoms. The van der Waals surface area contributed by atoms with Gasteiger partial charge in [0.05, 0.1) is 0 Å². The van der Waals surface area contributed by atoms with Crippen LogP contribution in [-0.2, 0) is 4.79 Å². The second-order valence-corrected chi connectivity index (χ2v) is 4.91. The van der Waals surface area contributed by atoms with Crippen LogP contribution >= 0.6 is 0 Å². The monoisotopic (exact) mass is 227 g/mol. The molecule has 1 aliphatic rings. The highest BCUT2D eigenvalue weighted by molar-refractivity contribution is 5.66. The second kappa shape index (κ2) is 8.57. The Bertz CT molecular complexity index is 188. The van der Waals surface area contributed by atoms with Crippen molar-refractivity contribution in [3.8, 4) is 0 Å². The summed E-state index contributed by atoms with van der Waals surface area (Å²) in [4.78, 5) is 10.3. The van der Waals surface area contributed by atoms with Crippen molar-refractivity contribution in [2.75, 3.05) is 13.1 Å². The molecule has 0 amide bonds. The normalized spacial score (nSPS) is 17.5.